The molecule has 0 spiro atoms. The van der Waals surface area contributed by atoms with Gasteiger partial charge in [0.15, 0.2) is 0 Å². The van der Waals surface area contributed by atoms with Gasteiger partial charge in [-0.1, -0.05) is 24.3 Å². The first-order valence-electron chi connectivity index (χ1n) is 8.60. The summed E-state index contributed by atoms with van der Waals surface area (Å²) in [4.78, 5) is 16.8. The Hall–Kier alpha value is -3.14. The number of nitrogens with one attached hydrogen (secondary N) is 1. The van der Waals surface area contributed by atoms with Gasteiger partial charge in [-0.05, 0) is 60.4 Å². The summed E-state index contributed by atoms with van der Waals surface area (Å²) in [7, 11) is 1.67. The van der Waals surface area contributed by atoms with Gasteiger partial charge in [0, 0.05) is 23.6 Å². The van der Waals surface area contributed by atoms with Crippen LogP contribution in [0.3, 0.4) is 0 Å². The maximum Gasteiger partial charge on any atom is 0.235 e. The van der Waals surface area contributed by atoms with Crippen molar-refractivity contribution in [1.82, 2.24) is 4.98 Å². The van der Waals surface area contributed by atoms with Crippen molar-refractivity contribution in [2.24, 2.45) is 0 Å². The highest BCUT2D eigenvalue weighted by molar-refractivity contribution is 6.06. The van der Waals surface area contributed by atoms with E-state index in [1.54, 1.807) is 19.5 Å². The van der Waals surface area contributed by atoms with Crippen LogP contribution < -0.4 is 10.1 Å². The van der Waals surface area contributed by atoms with Gasteiger partial charge in [0.2, 0.25) is 5.91 Å². The normalized spacial score (nSPS) is 18.3. The molecule has 0 radical (unpaired) electrons. The third-order valence-corrected chi connectivity index (χ3v) is 5.09. The SMILES string of the molecule is COc1ccccc1-c1ccc2c(c1)C(C)(Cc1ccncc1)C(=O)N2. The monoisotopic (exact) mass is 344 g/mol. The average molecular weight is 344 g/mol. The highest BCUT2D eigenvalue weighted by Crippen LogP contribution is 2.43. The first kappa shape index (κ1) is 16.3. The highest BCUT2D eigenvalue weighted by atomic mass is 16.5. The van der Waals surface area contributed by atoms with Gasteiger partial charge in [0.05, 0.1) is 12.5 Å². The number of amides is 1. The zero-order chi connectivity index (χ0) is 18.1. The molecule has 0 saturated heterocycles. The van der Waals surface area contributed by atoms with Crippen LogP contribution in [0.25, 0.3) is 11.1 Å². The Labute approximate surface area is 152 Å². The lowest BCUT2D eigenvalue weighted by Crippen LogP contribution is -2.33. The predicted octanol–water partition coefficient (Wildman–Crippen LogP) is 4.21. The molecule has 4 heteroatoms. The Morgan fingerprint density at radius 3 is 2.62 bits per heavy atom. The van der Waals surface area contributed by atoms with E-state index >= 15 is 0 Å². The Kier molecular flexibility index (Phi) is 3.96. The smallest absolute Gasteiger partial charge is 0.235 e. The first-order chi connectivity index (χ1) is 12.6. The van der Waals surface area contributed by atoms with Crippen molar-refractivity contribution in [3.05, 3.63) is 78.1 Å². The van der Waals surface area contributed by atoms with Gasteiger partial charge >= 0.3 is 0 Å². The molecule has 0 saturated carbocycles. The second-order valence-electron chi connectivity index (χ2n) is 6.78. The number of hydrogen-bond donors (Lipinski definition) is 1. The lowest BCUT2D eigenvalue weighted by Gasteiger charge is -2.23. The Morgan fingerprint density at radius 2 is 1.85 bits per heavy atom. The van der Waals surface area contributed by atoms with Crippen molar-refractivity contribution in [1.29, 1.82) is 0 Å². The molecule has 1 amide bonds. The summed E-state index contributed by atoms with van der Waals surface area (Å²) in [5.41, 5.74) is 4.43. The summed E-state index contributed by atoms with van der Waals surface area (Å²) in [6.45, 7) is 2.00. The van der Waals surface area contributed by atoms with Crippen molar-refractivity contribution < 1.29 is 9.53 Å². The Bertz CT molecular complexity index is 969. The molecule has 1 N–H and O–H groups in total. The molecule has 1 unspecified atom stereocenters. The van der Waals surface area contributed by atoms with E-state index in [1.165, 1.54) is 0 Å². The van der Waals surface area contributed by atoms with Gasteiger partial charge in [-0.3, -0.25) is 9.78 Å². The number of aromatic nitrogens is 1. The summed E-state index contributed by atoms with van der Waals surface area (Å²) in [5, 5.41) is 3.03. The van der Waals surface area contributed by atoms with Gasteiger partial charge in [-0.25, -0.2) is 0 Å². The highest BCUT2D eigenvalue weighted by Gasteiger charge is 2.42. The van der Waals surface area contributed by atoms with Crippen molar-refractivity contribution in [2.45, 2.75) is 18.8 Å². The quantitative estimate of drug-likeness (QED) is 0.771. The molecule has 4 nitrogen and oxygen atoms in total. The van der Waals surface area contributed by atoms with Crippen LogP contribution in [0, 0.1) is 0 Å². The standard InChI is InChI=1S/C22H20N2O2/c1-22(14-15-9-11-23-12-10-15)18-13-16(7-8-19(18)24-21(22)25)17-5-3-4-6-20(17)26-2/h3-13H,14H2,1-2H3,(H,24,25). The molecule has 2 aromatic carbocycles. The second kappa shape index (κ2) is 6.30. The van der Waals surface area contributed by atoms with E-state index in [4.69, 9.17) is 4.74 Å². The summed E-state index contributed by atoms with van der Waals surface area (Å²) in [5.74, 6) is 0.849. The molecule has 0 bridgehead atoms. The van der Waals surface area contributed by atoms with E-state index in [1.807, 2.05) is 55.5 Å². The summed E-state index contributed by atoms with van der Waals surface area (Å²) in [6.07, 6.45) is 4.15. The number of hydrogen-bond acceptors (Lipinski definition) is 3. The van der Waals surface area contributed by atoms with Crippen molar-refractivity contribution in [3.8, 4) is 16.9 Å². The fourth-order valence-corrected chi connectivity index (χ4v) is 3.63. The number of benzene rings is 2. The minimum Gasteiger partial charge on any atom is -0.496 e. The van der Waals surface area contributed by atoms with Crippen LogP contribution in [-0.2, 0) is 16.6 Å². The van der Waals surface area contributed by atoms with Gasteiger partial charge in [-0.2, -0.15) is 0 Å². The maximum atomic E-state index is 12.8. The molecular formula is C22H20N2O2. The molecule has 4 rings (SSSR count). The number of pyridine rings is 1. The fraction of sp³-hybridized carbons (Fsp3) is 0.182. The van der Waals surface area contributed by atoms with Gasteiger partial charge in [0.1, 0.15) is 5.75 Å². The number of nitrogens with zero attached hydrogens (tertiary/aromatic N) is 1. The van der Waals surface area contributed by atoms with E-state index in [9.17, 15) is 4.79 Å². The Balaban J connectivity index is 1.79. The molecule has 130 valence electrons. The van der Waals surface area contributed by atoms with Crippen LogP contribution >= 0.6 is 0 Å². The minimum absolute atomic E-state index is 0.0292. The summed E-state index contributed by atoms with van der Waals surface area (Å²) in [6, 6.07) is 17.9. The molecule has 1 aromatic heterocycles. The molecule has 1 aliphatic rings. The number of anilines is 1. The van der Waals surface area contributed by atoms with Gasteiger partial charge in [-0.15, -0.1) is 0 Å². The third-order valence-electron chi connectivity index (χ3n) is 5.09. The van der Waals surface area contributed by atoms with Crippen LogP contribution in [0.1, 0.15) is 18.1 Å². The molecule has 2 heterocycles. The molecule has 1 atom stereocenters. The van der Waals surface area contributed by atoms with E-state index in [0.717, 1.165) is 33.7 Å². The Morgan fingerprint density at radius 1 is 1.08 bits per heavy atom. The van der Waals surface area contributed by atoms with Crippen molar-refractivity contribution in [3.63, 3.8) is 0 Å². The molecule has 0 fully saturated rings. The second-order valence-corrected chi connectivity index (χ2v) is 6.78. The van der Waals surface area contributed by atoms with Crippen molar-refractivity contribution in [2.75, 3.05) is 12.4 Å². The average Bonchev–Trinajstić information content (AvgIpc) is 2.92. The topological polar surface area (TPSA) is 51.2 Å². The molecule has 1 aliphatic heterocycles. The van der Waals surface area contributed by atoms with Crippen LogP contribution in [0.2, 0.25) is 0 Å². The molecule has 3 aromatic rings. The van der Waals surface area contributed by atoms with E-state index in [2.05, 4.69) is 16.4 Å². The zero-order valence-corrected chi connectivity index (χ0v) is 14.8. The van der Waals surface area contributed by atoms with Crippen molar-refractivity contribution >= 4 is 11.6 Å². The number of methoxy groups -OCH3 is 1. The van der Waals surface area contributed by atoms with Crippen LogP contribution in [-0.4, -0.2) is 18.0 Å². The third kappa shape index (κ3) is 2.64. The number of carbonyl (C=O) groups is 1. The number of para-hydroxylation sites is 1. The van der Waals surface area contributed by atoms with E-state index in [-0.39, 0.29) is 5.91 Å². The van der Waals surface area contributed by atoms with E-state index in [0.29, 0.717) is 6.42 Å². The number of rotatable bonds is 4. The predicted molar refractivity (Wildman–Crippen MR) is 102 cm³/mol. The lowest BCUT2D eigenvalue weighted by atomic mass is 9.77. The summed E-state index contributed by atoms with van der Waals surface area (Å²) >= 11 is 0. The number of carbonyl (C=O) groups excluding carboxylic acids is 1. The zero-order valence-electron chi connectivity index (χ0n) is 14.8. The van der Waals surface area contributed by atoms with Crippen LogP contribution in [0.4, 0.5) is 5.69 Å². The molecular weight excluding hydrogens is 324 g/mol. The first-order valence-corrected chi connectivity index (χ1v) is 8.60. The number of fused-ring (bicyclic) bond motifs is 1. The van der Waals surface area contributed by atoms with Gasteiger partial charge < -0.3 is 10.1 Å². The molecule has 26 heavy (non-hydrogen) atoms. The fourth-order valence-electron chi connectivity index (χ4n) is 3.63. The lowest BCUT2D eigenvalue weighted by molar-refractivity contribution is -0.120. The van der Waals surface area contributed by atoms with Crippen LogP contribution in [0.5, 0.6) is 5.75 Å². The number of ether oxygens (including phenoxy) is 1. The summed E-state index contributed by atoms with van der Waals surface area (Å²) < 4.78 is 5.50. The largest absolute Gasteiger partial charge is 0.496 e. The minimum atomic E-state index is -0.616. The molecule has 0 aliphatic carbocycles. The maximum absolute atomic E-state index is 12.8. The van der Waals surface area contributed by atoms with E-state index < -0.39 is 5.41 Å². The van der Waals surface area contributed by atoms with Gasteiger partial charge in [0.25, 0.3) is 0 Å². The van der Waals surface area contributed by atoms with Crippen LogP contribution in [0.15, 0.2) is 67.0 Å².